The molecule has 0 bridgehead atoms. The highest BCUT2D eigenvalue weighted by atomic mass is 19.1. The van der Waals surface area contributed by atoms with Crippen LogP contribution in [0.2, 0.25) is 0 Å². The molecule has 1 heterocycles. The fourth-order valence-corrected chi connectivity index (χ4v) is 4.71. The Balaban J connectivity index is 1.33. The van der Waals surface area contributed by atoms with E-state index in [4.69, 9.17) is 10.5 Å². The summed E-state index contributed by atoms with van der Waals surface area (Å²) >= 11 is 0. The first kappa shape index (κ1) is 19.8. The Labute approximate surface area is 182 Å². The zero-order valence-corrected chi connectivity index (χ0v) is 17.5. The molecule has 5 rings (SSSR count). The van der Waals surface area contributed by atoms with Gasteiger partial charge in [0.2, 0.25) is 0 Å². The first-order valence-corrected chi connectivity index (χ1v) is 11.0. The van der Waals surface area contributed by atoms with Crippen LogP contribution in [-0.2, 0) is 19.4 Å². The predicted octanol–water partition coefficient (Wildman–Crippen LogP) is 6.08. The Morgan fingerprint density at radius 3 is 2.58 bits per heavy atom. The number of aromatic amines is 1. The van der Waals surface area contributed by atoms with Crippen LogP contribution in [0.25, 0.3) is 10.9 Å². The predicted molar refractivity (Wildman–Crippen MR) is 123 cm³/mol. The summed E-state index contributed by atoms with van der Waals surface area (Å²) in [7, 11) is 0. The van der Waals surface area contributed by atoms with Crippen molar-refractivity contribution in [3.05, 3.63) is 101 Å². The van der Waals surface area contributed by atoms with Crippen molar-refractivity contribution < 1.29 is 9.13 Å². The lowest BCUT2D eigenvalue weighted by molar-refractivity contribution is 0.306. The zero-order valence-electron chi connectivity index (χ0n) is 17.5. The average molecular weight is 415 g/mol. The summed E-state index contributed by atoms with van der Waals surface area (Å²) in [5.74, 6) is 1.21. The van der Waals surface area contributed by atoms with Gasteiger partial charge in [-0.1, -0.05) is 42.5 Å². The minimum atomic E-state index is -0.183. The van der Waals surface area contributed by atoms with E-state index in [1.807, 2.05) is 36.4 Å². The van der Waals surface area contributed by atoms with Gasteiger partial charge in [-0.3, -0.25) is 0 Å². The van der Waals surface area contributed by atoms with Crippen LogP contribution in [0.5, 0.6) is 5.75 Å². The number of fused-ring (bicyclic) bond motifs is 3. The number of nitrogens with two attached hydrogens (primary N) is 1. The molecule has 0 amide bonds. The number of hydrogen-bond acceptors (Lipinski definition) is 2. The maximum Gasteiger partial charge on any atom is 0.123 e. The molecule has 4 heteroatoms. The van der Waals surface area contributed by atoms with Crippen LogP contribution in [-0.4, -0.2) is 4.98 Å². The molecule has 1 aliphatic rings. The van der Waals surface area contributed by atoms with Crippen LogP contribution >= 0.6 is 0 Å². The van der Waals surface area contributed by atoms with Crippen LogP contribution in [0.3, 0.4) is 0 Å². The first-order chi connectivity index (χ1) is 15.2. The number of ether oxygens (including phenoxy) is 1. The lowest BCUT2D eigenvalue weighted by Gasteiger charge is -2.27. The summed E-state index contributed by atoms with van der Waals surface area (Å²) in [6.07, 6.45) is 3.97. The van der Waals surface area contributed by atoms with Crippen molar-refractivity contribution in [2.45, 2.75) is 38.3 Å². The molecule has 0 radical (unpaired) electrons. The lowest BCUT2D eigenvalue weighted by atomic mass is 9.81. The third kappa shape index (κ3) is 4.35. The molecule has 0 saturated heterocycles. The van der Waals surface area contributed by atoms with Gasteiger partial charge in [-0.15, -0.1) is 0 Å². The maximum absolute atomic E-state index is 13.2. The van der Waals surface area contributed by atoms with Crippen LogP contribution in [0.1, 0.15) is 41.3 Å². The summed E-state index contributed by atoms with van der Waals surface area (Å²) in [5.41, 5.74) is 12.5. The third-order valence-electron chi connectivity index (χ3n) is 6.36. The molecule has 0 aliphatic heterocycles. The Morgan fingerprint density at radius 1 is 0.968 bits per heavy atom. The Kier molecular flexibility index (Phi) is 5.47. The van der Waals surface area contributed by atoms with E-state index in [9.17, 15) is 4.39 Å². The van der Waals surface area contributed by atoms with Crippen molar-refractivity contribution in [1.29, 1.82) is 0 Å². The summed E-state index contributed by atoms with van der Waals surface area (Å²) in [6.45, 7) is 0.554. The molecule has 0 spiro atoms. The lowest BCUT2D eigenvalue weighted by Crippen LogP contribution is -2.24. The number of hydrogen-bond donors (Lipinski definition) is 2. The highest BCUT2D eigenvalue weighted by molar-refractivity contribution is 5.86. The van der Waals surface area contributed by atoms with Gasteiger partial charge in [0, 0.05) is 22.6 Å². The number of halogens is 1. The average Bonchev–Trinajstić information content (AvgIpc) is 3.17. The van der Waals surface area contributed by atoms with Gasteiger partial charge in [0.15, 0.2) is 0 Å². The minimum absolute atomic E-state index is 0.0167. The minimum Gasteiger partial charge on any atom is -0.489 e. The van der Waals surface area contributed by atoms with E-state index in [2.05, 4.69) is 29.2 Å². The van der Waals surface area contributed by atoms with E-state index in [-0.39, 0.29) is 11.9 Å². The van der Waals surface area contributed by atoms with Gasteiger partial charge in [0.1, 0.15) is 18.2 Å². The second-order valence-corrected chi connectivity index (χ2v) is 8.58. The fraction of sp³-hybridized carbons (Fsp3) is 0.259. The highest BCUT2D eigenvalue weighted by Gasteiger charge is 2.28. The highest BCUT2D eigenvalue weighted by Crippen LogP contribution is 2.39. The van der Waals surface area contributed by atoms with E-state index >= 15 is 0 Å². The normalized spacial score (nSPS) is 18.1. The van der Waals surface area contributed by atoms with Crippen LogP contribution < -0.4 is 10.5 Å². The molecule has 3 nitrogen and oxygen atoms in total. The molecule has 1 aliphatic carbocycles. The number of aryl methyl sites for hydroxylation is 1. The van der Waals surface area contributed by atoms with Crippen LogP contribution in [0, 0.1) is 11.7 Å². The number of aromatic nitrogens is 1. The zero-order chi connectivity index (χ0) is 21.2. The largest absolute Gasteiger partial charge is 0.489 e. The molecule has 1 aromatic heterocycles. The van der Waals surface area contributed by atoms with E-state index in [0.29, 0.717) is 12.5 Å². The van der Waals surface area contributed by atoms with Crippen LogP contribution in [0.15, 0.2) is 72.8 Å². The van der Waals surface area contributed by atoms with E-state index < -0.39 is 0 Å². The third-order valence-corrected chi connectivity index (χ3v) is 6.36. The van der Waals surface area contributed by atoms with Gasteiger partial charge in [0.25, 0.3) is 0 Å². The molecular formula is C27H27FN2O. The maximum atomic E-state index is 13.2. The topological polar surface area (TPSA) is 51.0 Å². The van der Waals surface area contributed by atoms with Crippen molar-refractivity contribution in [3.63, 3.8) is 0 Å². The summed E-state index contributed by atoms with van der Waals surface area (Å²) in [6, 6.07) is 23.3. The van der Waals surface area contributed by atoms with Gasteiger partial charge >= 0.3 is 0 Å². The van der Waals surface area contributed by atoms with Gasteiger partial charge in [-0.2, -0.15) is 0 Å². The summed E-state index contributed by atoms with van der Waals surface area (Å²) in [4.78, 5) is 3.55. The van der Waals surface area contributed by atoms with Crippen molar-refractivity contribution in [2.24, 2.45) is 11.7 Å². The van der Waals surface area contributed by atoms with Crippen LogP contribution in [0.4, 0.5) is 4.39 Å². The van der Waals surface area contributed by atoms with Crippen molar-refractivity contribution >= 4 is 10.9 Å². The van der Waals surface area contributed by atoms with E-state index in [1.165, 1.54) is 28.6 Å². The van der Waals surface area contributed by atoms with Crippen molar-refractivity contribution in [1.82, 2.24) is 4.98 Å². The molecule has 4 aromatic rings. The molecule has 3 aromatic carbocycles. The quantitative estimate of drug-likeness (QED) is 0.402. The number of benzene rings is 3. The summed E-state index contributed by atoms with van der Waals surface area (Å²) in [5, 5.41) is 1.21. The molecule has 2 atom stereocenters. The molecule has 0 saturated carbocycles. The molecule has 3 N–H and O–H groups in total. The Hall–Kier alpha value is -3.11. The molecular weight excluding hydrogens is 387 g/mol. The Morgan fingerprint density at radius 2 is 1.77 bits per heavy atom. The van der Waals surface area contributed by atoms with E-state index in [0.717, 1.165) is 48.2 Å². The second-order valence-electron chi connectivity index (χ2n) is 8.58. The Bertz CT molecular complexity index is 1170. The standard InChI is InChI=1S/C27H27FN2O/c28-21-10-8-18(9-11-21)6-7-20-14-24-23-16-22(31-17-19-4-2-1-3-5-19)12-13-26(23)30-27(24)25(29)15-20/h1-5,8-13,16,20,25,30H,6-7,14-15,17,29H2. The van der Waals surface area contributed by atoms with Gasteiger partial charge in [-0.05, 0) is 78.6 Å². The molecule has 158 valence electrons. The summed E-state index contributed by atoms with van der Waals surface area (Å²) < 4.78 is 19.2. The smallest absolute Gasteiger partial charge is 0.123 e. The van der Waals surface area contributed by atoms with Gasteiger partial charge in [0.05, 0.1) is 0 Å². The number of H-pyrrole nitrogens is 1. The second kappa shape index (κ2) is 8.56. The molecule has 0 fully saturated rings. The van der Waals surface area contributed by atoms with Crippen molar-refractivity contribution in [2.75, 3.05) is 0 Å². The van der Waals surface area contributed by atoms with Gasteiger partial charge < -0.3 is 15.5 Å². The first-order valence-electron chi connectivity index (χ1n) is 11.0. The molecule has 31 heavy (non-hydrogen) atoms. The SMILES string of the molecule is NC1CC(CCc2ccc(F)cc2)Cc2c1[nH]c1ccc(OCc3ccccc3)cc21. The van der Waals surface area contributed by atoms with Gasteiger partial charge in [-0.25, -0.2) is 4.39 Å². The van der Waals surface area contributed by atoms with Crippen molar-refractivity contribution in [3.8, 4) is 5.75 Å². The number of nitrogens with one attached hydrogen (secondary N) is 1. The molecule has 2 unspecified atom stereocenters. The van der Waals surface area contributed by atoms with E-state index in [1.54, 1.807) is 0 Å². The fourth-order valence-electron chi connectivity index (χ4n) is 4.71. The monoisotopic (exact) mass is 414 g/mol. The number of rotatable bonds is 6.